The molecule has 3 nitrogen and oxygen atoms in total. The molecule has 5 heteroatoms. The smallest absolute Gasteiger partial charge is 0.305 e. The lowest BCUT2D eigenvalue weighted by atomic mass is 10.2. The third-order valence-corrected chi connectivity index (χ3v) is 4.85. The molecule has 0 spiro atoms. The summed E-state index contributed by atoms with van der Waals surface area (Å²) in [6.45, 7) is 8.27. The van der Waals surface area contributed by atoms with Gasteiger partial charge in [-0.05, 0) is 39.2 Å². The van der Waals surface area contributed by atoms with Crippen LogP contribution in [0, 0.1) is 0 Å². The van der Waals surface area contributed by atoms with Crippen LogP contribution in [0.4, 0.5) is 0 Å². The monoisotopic (exact) mass is 294 g/mol. The first-order valence-electron chi connectivity index (χ1n) is 6.44. The van der Waals surface area contributed by atoms with E-state index in [0.717, 1.165) is 18.4 Å². The molecule has 0 saturated heterocycles. The molecule has 0 amide bonds. The van der Waals surface area contributed by atoms with E-state index < -0.39 is 7.60 Å². The molecule has 0 rings (SSSR count). The molecular weight excluding hydrogens is 271 g/mol. The van der Waals surface area contributed by atoms with Crippen molar-refractivity contribution in [3.63, 3.8) is 0 Å². The average Bonchev–Trinajstić information content (AvgIpc) is 2.34. The zero-order valence-corrected chi connectivity index (χ0v) is 13.4. The van der Waals surface area contributed by atoms with Crippen LogP contribution in [0.15, 0.2) is 16.6 Å². The van der Waals surface area contributed by atoms with Crippen LogP contribution < -0.4 is 0 Å². The third-order valence-electron chi connectivity index (χ3n) is 2.25. The molecule has 106 valence electrons. The molecule has 0 atom stereocenters. The van der Waals surface area contributed by atoms with E-state index in [1.165, 1.54) is 0 Å². The minimum atomic E-state index is -3.20. The Balaban J connectivity index is 5.37. The van der Waals surface area contributed by atoms with Gasteiger partial charge in [-0.2, -0.15) is 0 Å². The Kier molecular flexibility index (Phi) is 9.81. The summed E-state index contributed by atoms with van der Waals surface area (Å²) >= 11 is 5.75. The van der Waals surface area contributed by atoms with Crippen molar-refractivity contribution in [3.8, 4) is 0 Å². The van der Waals surface area contributed by atoms with Crippen molar-refractivity contribution in [1.29, 1.82) is 0 Å². The van der Waals surface area contributed by atoms with E-state index in [-0.39, 0.29) is 0 Å². The van der Waals surface area contributed by atoms with Crippen LogP contribution in [0.2, 0.25) is 0 Å². The molecule has 0 aromatic rings. The molecule has 0 aliphatic rings. The molecule has 0 radical (unpaired) electrons. The Hall–Kier alpha value is -0.0400. The summed E-state index contributed by atoms with van der Waals surface area (Å²) in [5.74, 6) is 0.369. The van der Waals surface area contributed by atoms with Crippen LogP contribution in [-0.2, 0) is 13.6 Å². The topological polar surface area (TPSA) is 35.5 Å². The van der Waals surface area contributed by atoms with Crippen molar-refractivity contribution in [1.82, 2.24) is 0 Å². The highest BCUT2D eigenvalue weighted by atomic mass is 35.5. The lowest BCUT2D eigenvalue weighted by Crippen LogP contribution is -1.99. The molecule has 0 aliphatic heterocycles. The van der Waals surface area contributed by atoms with Gasteiger partial charge in [0.25, 0.3) is 0 Å². The summed E-state index contributed by atoms with van der Waals surface area (Å²) < 4.78 is 23.4. The van der Waals surface area contributed by atoms with Crippen LogP contribution in [0.3, 0.4) is 0 Å². The predicted molar refractivity (Wildman–Crippen MR) is 77.3 cm³/mol. The van der Waals surface area contributed by atoms with E-state index in [2.05, 4.69) is 12.7 Å². The SMILES string of the molecule is CCCCC(=C=C(C)CCl)P(=O)(OCC)OCC. The lowest BCUT2D eigenvalue weighted by molar-refractivity contribution is 0.225. The second-order valence-electron chi connectivity index (χ2n) is 3.92. The third kappa shape index (κ3) is 6.22. The first-order chi connectivity index (χ1) is 8.53. The fourth-order valence-corrected chi connectivity index (χ4v) is 3.32. The van der Waals surface area contributed by atoms with Gasteiger partial charge in [-0.1, -0.05) is 13.3 Å². The van der Waals surface area contributed by atoms with E-state index in [1.54, 1.807) is 13.8 Å². The molecule has 0 bridgehead atoms. The summed E-state index contributed by atoms with van der Waals surface area (Å²) in [5.41, 5.74) is 3.95. The van der Waals surface area contributed by atoms with Gasteiger partial charge in [-0.3, -0.25) is 4.57 Å². The molecule has 0 unspecified atom stereocenters. The first kappa shape index (κ1) is 18.0. The van der Waals surface area contributed by atoms with Gasteiger partial charge in [0.2, 0.25) is 0 Å². The summed E-state index contributed by atoms with van der Waals surface area (Å²) in [6.07, 6.45) is 2.62. The van der Waals surface area contributed by atoms with Gasteiger partial charge >= 0.3 is 7.60 Å². The lowest BCUT2D eigenvalue weighted by Gasteiger charge is -2.18. The van der Waals surface area contributed by atoms with Crippen molar-refractivity contribution in [3.05, 3.63) is 16.6 Å². The zero-order valence-electron chi connectivity index (χ0n) is 11.8. The normalized spacial score (nSPS) is 11.2. The summed E-state index contributed by atoms with van der Waals surface area (Å²) in [6, 6.07) is 0. The van der Waals surface area contributed by atoms with Crippen LogP contribution >= 0.6 is 19.2 Å². The van der Waals surface area contributed by atoms with Crippen LogP contribution in [0.1, 0.15) is 47.0 Å². The highest BCUT2D eigenvalue weighted by molar-refractivity contribution is 7.58. The van der Waals surface area contributed by atoms with Crippen LogP contribution in [0.5, 0.6) is 0 Å². The summed E-state index contributed by atoms with van der Waals surface area (Å²) in [5, 5.41) is 0.617. The molecule has 0 heterocycles. The van der Waals surface area contributed by atoms with Gasteiger partial charge in [-0.25, -0.2) is 0 Å². The second-order valence-corrected chi connectivity index (χ2v) is 6.24. The van der Waals surface area contributed by atoms with Gasteiger partial charge in [0.05, 0.1) is 24.4 Å². The molecule has 0 aromatic heterocycles. The van der Waals surface area contributed by atoms with Gasteiger partial charge in [0, 0.05) is 0 Å². The van der Waals surface area contributed by atoms with Gasteiger partial charge in [0.15, 0.2) is 0 Å². The van der Waals surface area contributed by atoms with Crippen LogP contribution in [-0.4, -0.2) is 19.1 Å². The van der Waals surface area contributed by atoms with Crippen molar-refractivity contribution >= 4 is 19.2 Å². The molecule has 0 N–H and O–H groups in total. The zero-order chi connectivity index (χ0) is 14.0. The van der Waals surface area contributed by atoms with Crippen molar-refractivity contribution in [2.75, 3.05) is 19.1 Å². The largest absolute Gasteiger partial charge is 0.364 e. The Morgan fingerprint density at radius 3 is 2.17 bits per heavy atom. The van der Waals surface area contributed by atoms with E-state index in [1.807, 2.05) is 6.92 Å². The van der Waals surface area contributed by atoms with Crippen LogP contribution in [0.25, 0.3) is 0 Å². The molecule has 0 aliphatic carbocycles. The van der Waals surface area contributed by atoms with Gasteiger partial charge < -0.3 is 9.05 Å². The van der Waals surface area contributed by atoms with Gasteiger partial charge in [0.1, 0.15) is 0 Å². The Morgan fingerprint density at radius 1 is 1.22 bits per heavy atom. The fourth-order valence-electron chi connectivity index (χ4n) is 1.42. The quantitative estimate of drug-likeness (QED) is 0.337. The number of hydrogen-bond donors (Lipinski definition) is 0. The highest BCUT2D eigenvalue weighted by Gasteiger charge is 2.29. The Labute approximate surface area is 116 Å². The molecule has 18 heavy (non-hydrogen) atoms. The van der Waals surface area contributed by atoms with Crippen molar-refractivity contribution in [2.45, 2.75) is 47.0 Å². The van der Waals surface area contributed by atoms with Crippen molar-refractivity contribution < 1.29 is 13.6 Å². The van der Waals surface area contributed by atoms with E-state index in [4.69, 9.17) is 20.6 Å². The minimum Gasteiger partial charge on any atom is -0.305 e. The number of unbranched alkanes of at least 4 members (excludes halogenated alkanes) is 1. The number of rotatable bonds is 9. The summed E-state index contributed by atoms with van der Waals surface area (Å²) in [7, 11) is -3.20. The maximum atomic E-state index is 12.7. The fraction of sp³-hybridized carbons (Fsp3) is 0.769. The molecule has 0 fully saturated rings. The maximum Gasteiger partial charge on any atom is 0.364 e. The number of allylic oxidation sites excluding steroid dienone is 1. The van der Waals surface area contributed by atoms with E-state index in [0.29, 0.717) is 30.8 Å². The van der Waals surface area contributed by atoms with E-state index in [9.17, 15) is 4.57 Å². The first-order valence-corrected chi connectivity index (χ1v) is 8.52. The maximum absolute atomic E-state index is 12.7. The number of alkyl halides is 1. The molecule has 0 aromatic carbocycles. The Morgan fingerprint density at radius 2 is 1.78 bits per heavy atom. The molecular formula is C13H24ClO3P. The highest BCUT2D eigenvalue weighted by Crippen LogP contribution is 2.57. The average molecular weight is 295 g/mol. The van der Waals surface area contributed by atoms with E-state index >= 15 is 0 Å². The number of halogens is 1. The number of hydrogen-bond acceptors (Lipinski definition) is 3. The van der Waals surface area contributed by atoms with Gasteiger partial charge in [-0.15, -0.1) is 17.3 Å². The molecule has 0 saturated carbocycles. The second kappa shape index (κ2) is 9.83. The summed E-state index contributed by atoms with van der Waals surface area (Å²) in [4.78, 5) is 0. The standard InChI is InChI=1S/C13H24ClO3P/c1-5-8-9-13(10-12(4)11-14)18(15,16-6-2)17-7-3/h5-9,11H2,1-4H3. The Bertz CT molecular complexity index is 336. The minimum absolute atomic E-state index is 0.356. The predicted octanol–water partition coefficient (Wildman–Crippen LogP) is 5.11. The van der Waals surface area contributed by atoms with Crippen molar-refractivity contribution in [2.24, 2.45) is 0 Å².